The molecule has 2 nitrogen and oxygen atoms in total. The molecule has 0 fully saturated rings. The van der Waals surface area contributed by atoms with Crippen LogP contribution in [0.3, 0.4) is 0 Å². The topological polar surface area (TPSA) is 26.3 Å². The molecule has 2 atom stereocenters. The van der Waals surface area contributed by atoms with E-state index < -0.39 is 23.5 Å². The van der Waals surface area contributed by atoms with Gasteiger partial charge in [0, 0.05) is 0 Å². The molecule has 0 aromatic rings. The Balaban J connectivity index is 5.18. The lowest BCUT2D eigenvalue weighted by atomic mass is 9.77. The van der Waals surface area contributed by atoms with E-state index in [1.165, 1.54) is 11.9 Å². The summed E-state index contributed by atoms with van der Waals surface area (Å²) in [6.07, 6.45) is -3.29. The van der Waals surface area contributed by atoms with Crippen molar-refractivity contribution < 1.29 is 22.7 Å². The van der Waals surface area contributed by atoms with Crippen LogP contribution in [0.1, 0.15) is 20.8 Å². The first-order valence-corrected chi connectivity index (χ1v) is 5.63. The second-order valence-electron chi connectivity index (χ2n) is 3.56. The summed E-state index contributed by atoms with van der Waals surface area (Å²) in [6, 6.07) is 0. The zero-order valence-corrected chi connectivity index (χ0v) is 10.9. The fourth-order valence-corrected chi connectivity index (χ4v) is 1.70. The normalized spacial score (nSPS) is 18.2. The minimum atomic E-state index is -4.45. The van der Waals surface area contributed by atoms with Crippen molar-refractivity contribution in [2.24, 2.45) is 11.3 Å². The van der Waals surface area contributed by atoms with Gasteiger partial charge in [0.25, 0.3) is 0 Å². The van der Waals surface area contributed by atoms with Crippen molar-refractivity contribution in [3.8, 4) is 0 Å². The second-order valence-corrected chi connectivity index (χ2v) is 4.09. The van der Waals surface area contributed by atoms with Crippen molar-refractivity contribution >= 4 is 21.9 Å². The van der Waals surface area contributed by atoms with Gasteiger partial charge in [-0.15, -0.1) is 0 Å². The van der Waals surface area contributed by atoms with E-state index in [-0.39, 0.29) is 6.61 Å². The van der Waals surface area contributed by atoms with E-state index in [0.717, 1.165) is 13.0 Å². The molecular formula is C10H14BrF3O2. The van der Waals surface area contributed by atoms with Gasteiger partial charge in [-0.2, -0.15) is 13.2 Å². The molecular weight excluding hydrogens is 289 g/mol. The zero-order valence-electron chi connectivity index (χ0n) is 9.27. The molecule has 0 rings (SSSR count). The molecule has 0 aromatic carbocycles. The largest absolute Gasteiger partial charge is 0.465 e. The number of carbonyl (C=O) groups excluding carboxylic acids is 1. The minimum absolute atomic E-state index is 0.0507. The van der Waals surface area contributed by atoms with Crippen LogP contribution in [0.4, 0.5) is 13.2 Å². The van der Waals surface area contributed by atoms with Crippen molar-refractivity contribution in [1.82, 2.24) is 0 Å². The third-order valence-electron chi connectivity index (χ3n) is 2.51. The van der Waals surface area contributed by atoms with Crippen molar-refractivity contribution in [3.63, 3.8) is 0 Å². The molecule has 16 heavy (non-hydrogen) atoms. The van der Waals surface area contributed by atoms with E-state index >= 15 is 0 Å². The number of hydrogen-bond donors (Lipinski definition) is 0. The molecule has 0 radical (unpaired) electrons. The smallest absolute Gasteiger partial charge is 0.392 e. The number of ether oxygens (including phenoxy) is 1. The van der Waals surface area contributed by atoms with E-state index in [1.54, 1.807) is 6.92 Å². The molecule has 0 aromatic heterocycles. The zero-order chi connectivity index (χ0) is 13.0. The van der Waals surface area contributed by atoms with Crippen molar-refractivity contribution in [1.29, 1.82) is 0 Å². The van der Waals surface area contributed by atoms with Crippen LogP contribution in [0, 0.1) is 11.3 Å². The molecule has 0 aliphatic carbocycles. The van der Waals surface area contributed by atoms with Gasteiger partial charge in [0.2, 0.25) is 0 Å². The van der Waals surface area contributed by atoms with Crippen LogP contribution in [0.15, 0.2) is 11.1 Å². The summed E-state index contributed by atoms with van der Waals surface area (Å²) in [6.45, 7) is 3.77. The van der Waals surface area contributed by atoms with Crippen LogP contribution in [0.2, 0.25) is 0 Å². The molecule has 0 amide bonds. The summed E-state index contributed by atoms with van der Waals surface area (Å²) in [5.41, 5.74) is -1.71. The average Bonchev–Trinajstić information content (AvgIpc) is 2.15. The van der Waals surface area contributed by atoms with Crippen LogP contribution < -0.4 is 0 Å². The summed E-state index contributed by atoms with van der Waals surface area (Å²) < 4.78 is 42.5. The summed E-state index contributed by atoms with van der Waals surface area (Å²) in [5, 5.41) is 0. The number of carbonyl (C=O) groups is 1. The first kappa shape index (κ1) is 15.5. The van der Waals surface area contributed by atoms with Gasteiger partial charge < -0.3 is 4.74 Å². The Morgan fingerprint density at radius 3 is 2.31 bits per heavy atom. The Hall–Kier alpha value is -0.520. The summed E-state index contributed by atoms with van der Waals surface area (Å²) in [7, 11) is 0. The Labute approximate surface area is 101 Å². The number of alkyl halides is 3. The Kier molecular flexibility index (Phi) is 5.52. The predicted molar refractivity (Wildman–Crippen MR) is 58.0 cm³/mol. The average molecular weight is 303 g/mol. The summed E-state index contributed by atoms with van der Waals surface area (Å²) in [5.74, 6) is -2.69. The van der Waals surface area contributed by atoms with E-state index in [9.17, 15) is 18.0 Å². The van der Waals surface area contributed by atoms with Gasteiger partial charge >= 0.3 is 12.1 Å². The molecule has 0 heterocycles. The molecule has 0 spiro atoms. The SMILES string of the molecule is CCOC(=O)C(C)(/C=C/Br)C(C)C(F)(F)F. The number of hydrogen-bond acceptors (Lipinski definition) is 2. The van der Waals surface area contributed by atoms with E-state index in [2.05, 4.69) is 20.7 Å². The predicted octanol–water partition coefficient (Wildman–Crippen LogP) is 3.66. The quantitative estimate of drug-likeness (QED) is 0.741. The molecule has 0 saturated heterocycles. The van der Waals surface area contributed by atoms with Crippen LogP contribution in [0.5, 0.6) is 0 Å². The monoisotopic (exact) mass is 302 g/mol. The lowest BCUT2D eigenvalue weighted by Crippen LogP contribution is -2.41. The standard InChI is InChI=1S/C10H14BrF3O2/c1-4-16-8(15)9(3,5-6-11)7(2)10(12,13)14/h5-7H,4H2,1-3H3/b6-5+. The highest BCUT2D eigenvalue weighted by atomic mass is 79.9. The second kappa shape index (κ2) is 5.70. The van der Waals surface area contributed by atoms with Crippen molar-refractivity contribution in [2.75, 3.05) is 6.61 Å². The van der Waals surface area contributed by atoms with E-state index in [0.29, 0.717) is 0 Å². The van der Waals surface area contributed by atoms with E-state index in [4.69, 9.17) is 0 Å². The van der Waals surface area contributed by atoms with Crippen LogP contribution in [0.25, 0.3) is 0 Å². The van der Waals surface area contributed by atoms with Gasteiger partial charge in [-0.05, 0) is 18.8 Å². The third-order valence-corrected chi connectivity index (χ3v) is 2.78. The molecule has 0 N–H and O–H groups in total. The Bertz CT molecular complexity index is 276. The molecule has 0 saturated carbocycles. The maximum Gasteiger partial charge on any atom is 0.392 e. The van der Waals surface area contributed by atoms with Crippen molar-refractivity contribution in [3.05, 3.63) is 11.1 Å². The van der Waals surface area contributed by atoms with Gasteiger partial charge in [0.15, 0.2) is 0 Å². The highest BCUT2D eigenvalue weighted by Gasteiger charge is 2.51. The number of esters is 1. The summed E-state index contributed by atoms with van der Waals surface area (Å²) >= 11 is 2.88. The first-order chi connectivity index (χ1) is 7.20. The highest BCUT2D eigenvalue weighted by molar-refractivity contribution is 9.11. The molecule has 0 aliphatic heterocycles. The maximum absolute atomic E-state index is 12.6. The molecule has 0 aliphatic rings. The van der Waals surface area contributed by atoms with Gasteiger partial charge in [-0.1, -0.05) is 28.9 Å². The van der Waals surface area contributed by atoms with Crippen LogP contribution in [-0.4, -0.2) is 18.8 Å². The fraction of sp³-hybridized carbons (Fsp3) is 0.700. The third kappa shape index (κ3) is 3.50. The van der Waals surface area contributed by atoms with E-state index in [1.807, 2.05) is 0 Å². The lowest BCUT2D eigenvalue weighted by Gasteiger charge is -2.31. The van der Waals surface area contributed by atoms with Crippen molar-refractivity contribution in [2.45, 2.75) is 26.9 Å². The van der Waals surface area contributed by atoms with Gasteiger partial charge in [0.1, 0.15) is 0 Å². The Morgan fingerprint density at radius 2 is 2.00 bits per heavy atom. The maximum atomic E-state index is 12.6. The fourth-order valence-electron chi connectivity index (χ4n) is 1.15. The number of rotatable bonds is 4. The molecule has 6 heteroatoms. The van der Waals surface area contributed by atoms with Gasteiger partial charge in [-0.25, -0.2) is 0 Å². The van der Waals surface area contributed by atoms with Gasteiger partial charge in [-0.3, -0.25) is 4.79 Å². The highest BCUT2D eigenvalue weighted by Crippen LogP contribution is 2.41. The summed E-state index contributed by atoms with van der Waals surface area (Å²) in [4.78, 5) is 12.8. The van der Waals surface area contributed by atoms with Crippen LogP contribution >= 0.6 is 15.9 Å². The molecule has 0 bridgehead atoms. The Morgan fingerprint density at radius 1 is 1.50 bits per heavy atom. The molecule has 2 unspecified atom stereocenters. The molecule has 94 valence electrons. The van der Waals surface area contributed by atoms with Crippen LogP contribution in [-0.2, 0) is 9.53 Å². The first-order valence-electron chi connectivity index (χ1n) is 4.72. The number of halogens is 4. The lowest BCUT2D eigenvalue weighted by molar-refractivity contribution is -0.203. The van der Waals surface area contributed by atoms with Gasteiger partial charge in [0.05, 0.1) is 17.9 Å². The minimum Gasteiger partial charge on any atom is -0.465 e.